The van der Waals surface area contributed by atoms with E-state index in [0.29, 0.717) is 6.42 Å². The van der Waals surface area contributed by atoms with E-state index < -0.39 is 0 Å². The number of nitrogens with zero attached hydrogens (tertiary/aromatic N) is 1. The first-order valence-corrected chi connectivity index (χ1v) is 11.6. The molecule has 1 aromatic heterocycles. The lowest BCUT2D eigenvalue weighted by Gasteiger charge is -2.23. The van der Waals surface area contributed by atoms with Crippen LogP contribution in [0.3, 0.4) is 0 Å². The van der Waals surface area contributed by atoms with Crippen molar-refractivity contribution in [3.63, 3.8) is 0 Å². The van der Waals surface area contributed by atoms with Crippen molar-refractivity contribution in [1.82, 2.24) is 5.43 Å². The zero-order valence-electron chi connectivity index (χ0n) is 17.3. The number of carbonyl (C=O) groups excluding carboxylic acids is 1. The Kier molecular flexibility index (Phi) is 5.74. The second-order valence-electron chi connectivity index (χ2n) is 7.97. The van der Waals surface area contributed by atoms with E-state index in [9.17, 15) is 4.79 Å². The van der Waals surface area contributed by atoms with E-state index in [1.807, 2.05) is 35.7 Å². The van der Waals surface area contributed by atoms with E-state index in [-0.39, 0.29) is 11.9 Å². The SMILES string of the molecule is O=C(Cc1cccs1)Nc1cc2c(cc1N1CCCC1)NNC2/C=C/c1ccccc1. The number of anilines is 3. The fraction of sp³-hybridized carbons (Fsp3) is 0.240. The Hall–Kier alpha value is -3.09. The third-order valence-electron chi connectivity index (χ3n) is 5.78. The molecule has 3 N–H and O–H groups in total. The Balaban J connectivity index is 1.42. The Bertz CT molecular complexity index is 1070. The molecule has 31 heavy (non-hydrogen) atoms. The summed E-state index contributed by atoms with van der Waals surface area (Å²) in [6.45, 7) is 2.05. The van der Waals surface area contributed by atoms with E-state index in [1.165, 1.54) is 12.8 Å². The topological polar surface area (TPSA) is 56.4 Å². The maximum absolute atomic E-state index is 12.8. The predicted molar refractivity (Wildman–Crippen MR) is 130 cm³/mol. The van der Waals surface area contributed by atoms with Crippen molar-refractivity contribution in [2.45, 2.75) is 25.3 Å². The number of benzene rings is 2. The number of amides is 1. The number of carbonyl (C=O) groups is 1. The highest BCUT2D eigenvalue weighted by Crippen LogP contribution is 2.39. The van der Waals surface area contributed by atoms with Crippen molar-refractivity contribution in [3.8, 4) is 0 Å². The molecule has 0 radical (unpaired) electrons. The molecule has 1 atom stereocenters. The highest BCUT2D eigenvalue weighted by molar-refractivity contribution is 7.10. The van der Waals surface area contributed by atoms with Crippen molar-refractivity contribution in [2.24, 2.45) is 0 Å². The molecule has 0 spiro atoms. The minimum absolute atomic E-state index is 0.0261. The van der Waals surface area contributed by atoms with Crippen molar-refractivity contribution in [1.29, 1.82) is 0 Å². The largest absolute Gasteiger partial charge is 0.370 e. The number of fused-ring (bicyclic) bond motifs is 1. The van der Waals surface area contributed by atoms with Gasteiger partial charge in [-0.05, 0) is 42.0 Å². The Morgan fingerprint density at radius 2 is 1.97 bits per heavy atom. The van der Waals surface area contributed by atoms with Gasteiger partial charge < -0.3 is 15.6 Å². The fourth-order valence-corrected chi connectivity index (χ4v) is 4.92. The van der Waals surface area contributed by atoms with E-state index in [0.717, 1.165) is 46.2 Å². The molecule has 5 nitrogen and oxygen atoms in total. The fourth-order valence-electron chi connectivity index (χ4n) is 4.21. The van der Waals surface area contributed by atoms with Gasteiger partial charge in [0.2, 0.25) is 5.91 Å². The molecule has 1 saturated heterocycles. The van der Waals surface area contributed by atoms with Gasteiger partial charge in [-0.15, -0.1) is 11.3 Å². The van der Waals surface area contributed by atoms with Crippen LogP contribution in [0.1, 0.15) is 34.9 Å². The van der Waals surface area contributed by atoms with Crippen LogP contribution in [0.25, 0.3) is 6.08 Å². The van der Waals surface area contributed by atoms with Gasteiger partial charge in [-0.2, -0.15) is 0 Å². The van der Waals surface area contributed by atoms with Crippen molar-refractivity contribution in [2.75, 3.05) is 28.7 Å². The molecule has 1 amide bonds. The maximum atomic E-state index is 12.8. The smallest absolute Gasteiger partial charge is 0.229 e. The summed E-state index contributed by atoms with van der Waals surface area (Å²) in [5.74, 6) is 0.0261. The zero-order valence-corrected chi connectivity index (χ0v) is 18.1. The van der Waals surface area contributed by atoms with Crippen LogP contribution in [-0.2, 0) is 11.2 Å². The number of hydrazine groups is 1. The van der Waals surface area contributed by atoms with Crippen molar-refractivity contribution < 1.29 is 4.79 Å². The molecule has 2 aliphatic heterocycles. The number of hydrogen-bond donors (Lipinski definition) is 3. The van der Waals surface area contributed by atoms with Gasteiger partial charge >= 0.3 is 0 Å². The second kappa shape index (κ2) is 8.96. The van der Waals surface area contributed by atoms with E-state index in [2.05, 4.69) is 57.5 Å². The lowest BCUT2D eigenvalue weighted by Crippen LogP contribution is -2.22. The molecule has 6 heteroatoms. The number of thiophene rings is 1. The van der Waals surface area contributed by atoms with Crippen LogP contribution in [0.5, 0.6) is 0 Å². The molecule has 3 aromatic rings. The average molecular weight is 431 g/mol. The van der Waals surface area contributed by atoms with Crippen LogP contribution < -0.4 is 21.1 Å². The quantitative estimate of drug-likeness (QED) is 0.502. The first kappa shape index (κ1) is 19.8. The van der Waals surface area contributed by atoms with Gasteiger partial charge in [0.15, 0.2) is 0 Å². The molecule has 0 saturated carbocycles. The molecule has 3 heterocycles. The summed E-state index contributed by atoms with van der Waals surface area (Å²) in [4.78, 5) is 16.2. The molecule has 1 fully saturated rings. The maximum Gasteiger partial charge on any atom is 0.229 e. The molecule has 158 valence electrons. The van der Waals surface area contributed by atoms with Crippen LogP contribution in [0.2, 0.25) is 0 Å². The average Bonchev–Trinajstić information content (AvgIpc) is 3.55. The van der Waals surface area contributed by atoms with Crippen LogP contribution in [0, 0.1) is 0 Å². The molecule has 5 rings (SSSR count). The zero-order chi connectivity index (χ0) is 21.0. The first-order valence-electron chi connectivity index (χ1n) is 10.8. The summed E-state index contributed by atoms with van der Waals surface area (Å²) >= 11 is 1.62. The van der Waals surface area contributed by atoms with E-state index >= 15 is 0 Å². The molecular weight excluding hydrogens is 404 g/mol. The van der Waals surface area contributed by atoms with Gasteiger partial charge in [0, 0.05) is 23.5 Å². The summed E-state index contributed by atoms with van der Waals surface area (Å²) in [5.41, 5.74) is 12.1. The third kappa shape index (κ3) is 4.50. The predicted octanol–water partition coefficient (Wildman–Crippen LogP) is 5.21. The normalized spacial score (nSPS) is 17.7. The number of nitrogens with one attached hydrogen (secondary N) is 3. The Labute approximate surface area is 186 Å². The summed E-state index contributed by atoms with van der Waals surface area (Å²) < 4.78 is 0. The third-order valence-corrected chi connectivity index (χ3v) is 6.66. The van der Waals surface area contributed by atoms with Crippen molar-refractivity contribution >= 4 is 40.4 Å². The van der Waals surface area contributed by atoms with Crippen LogP contribution in [-0.4, -0.2) is 19.0 Å². The van der Waals surface area contributed by atoms with Gasteiger partial charge in [-0.25, -0.2) is 5.43 Å². The van der Waals surface area contributed by atoms with Gasteiger partial charge in [0.25, 0.3) is 0 Å². The lowest BCUT2D eigenvalue weighted by molar-refractivity contribution is -0.115. The van der Waals surface area contributed by atoms with Gasteiger partial charge in [-0.1, -0.05) is 48.6 Å². The number of rotatable bonds is 6. The van der Waals surface area contributed by atoms with Crippen LogP contribution in [0.4, 0.5) is 17.1 Å². The van der Waals surface area contributed by atoms with Crippen LogP contribution >= 0.6 is 11.3 Å². The van der Waals surface area contributed by atoms with Gasteiger partial charge in [-0.3, -0.25) is 4.79 Å². The van der Waals surface area contributed by atoms with Gasteiger partial charge in [0.05, 0.1) is 29.5 Å². The Morgan fingerprint density at radius 3 is 2.74 bits per heavy atom. The standard InChI is InChI=1S/C25H26N4OS/c30-25(15-19-9-6-14-31-19)26-23-16-20-21(11-10-18-7-2-1-3-8-18)27-28-22(20)17-24(23)29-12-4-5-13-29/h1-3,6-11,14,16-17,21,27-28H,4-5,12-13,15H2,(H,26,30)/b11-10+. The van der Waals surface area contributed by atoms with Crippen molar-refractivity contribution in [3.05, 3.63) is 82.1 Å². The van der Waals surface area contributed by atoms with Gasteiger partial charge in [0.1, 0.15) is 0 Å². The Morgan fingerprint density at radius 1 is 1.13 bits per heavy atom. The lowest BCUT2D eigenvalue weighted by atomic mass is 10.0. The second-order valence-corrected chi connectivity index (χ2v) is 9.00. The monoisotopic (exact) mass is 430 g/mol. The molecule has 1 unspecified atom stereocenters. The molecule has 0 bridgehead atoms. The summed E-state index contributed by atoms with van der Waals surface area (Å²) in [7, 11) is 0. The first-order chi connectivity index (χ1) is 15.3. The van der Waals surface area contributed by atoms with E-state index in [1.54, 1.807) is 11.3 Å². The van der Waals surface area contributed by atoms with E-state index in [4.69, 9.17) is 0 Å². The summed E-state index contributed by atoms with van der Waals surface area (Å²) in [6, 6.07) is 18.6. The highest BCUT2D eigenvalue weighted by Gasteiger charge is 2.25. The minimum atomic E-state index is 0.0261. The molecule has 0 aliphatic carbocycles. The van der Waals surface area contributed by atoms with Crippen LogP contribution in [0.15, 0.2) is 66.1 Å². The summed E-state index contributed by atoms with van der Waals surface area (Å²) in [6.07, 6.45) is 7.06. The molecule has 2 aromatic carbocycles. The molecular formula is C25H26N4OS. The highest BCUT2D eigenvalue weighted by atomic mass is 32.1. The minimum Gasteiger partial charge on any atom is -0.370 e. The summed E-state index contributed by atoms with van der Waals surface area (Å²) in [5, 5.41) is 5.20. The molecule has 2 aliphatic rings. The number of hydrogen-bond acceptors (Lipinski definition) is 5.